The summed E-state index contributed by atoms with van der Waals surface area (Å²) < 4.78 is 26.3. The van der Waals surface area contributed by atoms with Gasteiger partial charge in [-0.25, -0.2) is 13.4 Å². The maximum absolute atomic E-state index is 13.7. The highest BCUT2D eigenvalue weighted by Gasteiger charge is 2.53. The number of carbonyl (C=O) groups is 4. The van der Waals surface area contributed by atoms with Crippen molar-refractivity contribution in [3.63, 3.8) is 0 Å². The number of benzene rings is 3. The number of thiazole rings is 1. The number of hydrogen-bond donors (Lipinski definition) is 1. The lowest BCUT2D eigenvalue weighted by Gasteiger charge is -2.25. The van der Waals surface area contributed by atoms with Crippen LogP contribution in [0.5, 0.6) is 0 Å². The fraction of sp³-hybridized carbons (Fsp3) is 0.138. The first-order valence-corrected chi connectivity index (χ1v) is 15.0. The van der Waals surface area contributed by atoms with Crippen molar-refractivity contribution in [2.24, 2.45) is 5.92 Å². The quantitative estimate of drug-likeness (QED) is 0.101. The molecule has 2 atom stereocenters. The lowest BCUT2D eigenvalue weighted by molar-refractivity contribution is -0.384. The predicted octanol–water partition coefficient (Wildman–Crippen LogP) is 3.71. The number of nitrogens with zero attached hydrogens (tertiary/aromatic N) is 3. The van der Waals surface area contributed by atoms with Crippen molar-refractivity contribution in [2.75, 3.05) is 11.9 Å². The summed E-state index contributed by atoms with van der Waals surface area (Å²) in [7, 11) is -2.73. The first-order chi connectivity index (χ1) is 20.4. The number of nitro benzene ring substituents is 1. The topological polar surface area (TPSA) is 174 Å². The van der Waals surface area contributed by atoms with Crippen molar-refractivity contribution in [3.8, 4) is 0 Å². The largest absolute Gasteiger partial charge is 0.355 e. The van der Waals surface area contributed by atoms with Crippen LogP contribution < -0.4 is 10.2 Å². The molecular weight excluding hydrogens is 596 g/mol. The van der Waals surface area contributed by atoms with Gasteiger partial charge in [0.2, 0.25) is 15.6 Å². The van der Waals surface area contributed by atoms with Gasteiger partial charge < -0.3 is 5.32 Å². The number of Topliss-reactive ketones (excluding diaryl/α,β-unsaturated/α-hetero) is 2. The summed E-state index contributed by atoms with van der Waals surface area (Å²) in [5.41, 5.74) is 1.47. The first kappa shape index (κ1) is 29.4. The highest BCUT2D eigenvalue weighted by atomic mass is 32.2. The maximum atomic E-state index is 13.7. The van der Waals surface area contributed by atoms with E-state index in [4.69, 9.17) is 0 Å². The van der Waals surface area contributed by atoms with Crippen LogP contribution >= 0.6 is 11.3 Å². The zero-order chi connectivity index (χ0) is 31.1. The number of ketones is 2. The molecule has 0 aliphatic carbocycles. The summed E-state index contributed by atoms with van der Waals surface area (Å²) in [4.78, 5) is 67.9. The minimum Gasteiger partial charge on any atom is -0.355 e. The molecule has 1 aliphatic heterocycles. The second-order valence-corrected chi connectivity index (χ2v) is 12.8. The number of hydrogen-bond acceptors (Lipinski definition) is 10. The van der Waals surface area contributed by atoms with Gasteiger partial charge in [0.05, 0.1) is 22.1 Å². The molecule has 1 N–H and O–H groups in total. The fourth-order valence-corrected chi connectivity index (χ4v) is 7.26. The van der Waals surface area contributed by atoms with Crippen LogP contribution in [0.15, 0.2) is 88.1 Å². The standard InChI is InChI=1S/C29H22N4O8S2/c1-16-3-5-18(6-4-16)25(34)23-24(17-7-9-19(10-8-17)27(36)30-2)32(28(37)26(23)35)29-31-15-22(42-29)43(40,41)21-13-11-20(12-14-21)33(38)39/h3-15,23-24H,1-2H3,(H,30,36). The Morgan fingerprint density at radius 2 is 1.56 bits per heavy atom. The van der Waals surface area contributed by atoms with Crippen LogP contribution in [0.2, 0.25) is 0 Å². The lowest BCUT2D eigenvalue weighted by atomic mass is 9.86. The SMILES string of the molecule is CNC(=O)c1ccc(C2C(C(=O)c3ccc(C)cc3)C(=O)C(=O)N2c2ncc(S(=O)(=O)c3ccc([N+](=O)[O-])cc3)s2)cc1. The molecule has 43 heavy (non-hydrogen) atoms. The van der Waals surface area contributed by atoms with Gasteiger partial charge in [0.1, 0.15) is 10.1 Å². The molecule has 2 amide bonds. The molecule has 2 unspecified atom stereocenters. The molecule has 1 fully saturated rings. The van der Waals surface area contributed by atoms with E-state index in [2.05, 4.69) is 10.3 Å². The van der Waals surface area contributed by atoms with Crippen LogP contribution in [0, 0.1) is 23.0 Å². The fourth-order valence-electron chi connectivity index (χ4n) is 4.70. The van der Waals surface area contributed by atoms with Crippen molar-refractivity contribution in [1.29, 1.82) is 0 Å². The Labute approximate surface area is 249 Å². The zero-order valence-corrected chi connectivity index (χ0v) is 24.2. The molecule has 1 saturated heterocycles. The summed E-state index contributed by atoms with van der Waals surface area (Å²) >= 11 is 0.614. The van der Waals surface area contributed by atoms with E-state index in [1.165, 1.54) is 31.3 Å². The molecule has 1 aromatic heterocycles. The first-order valence-electron chi connectivity index (χ1n) is 12.7. The molecule has 1 aliphatic rings. The molecule has 4 aromatic rings. The molecule has 0 radical (unpaired) electrons. The van der Waals surface area contributed by atoms with Gasteiger partial charge >= 0.3 is 0 Å². The van der Waals surface area contributed by atoms with Gasteiger partial charge in [-0.15, -0.1) is 0 Å². The third-order valence-electron chi connectivity index (χ3n) is 6.97. The lowest BCUT2D eigenvalue weighted by Crippen LogP contribution is -2.30. The predicted molar refractivity (Wildman–Crippen MR) is 155 cm³/mol. The minimum atomic E-state index is -4.20. The second kappa shape index (κ2) is 11.3. The Balaban J connectivity index is 1.58. The van der Waals surface area contributed by atoms with E-state index in [1.807, 2.05) is 6.92 Å². The third kappa shape index (κ3) is 5.33. The minimum absolute atomic E-state index is 0.140. The van der Waals surface area contributed by atoms with Crippen molar-refractivity contribution in [3.05, 3.63) is 111 Å². The third-order valence-corrected chi connectivity index (χ3v) is 10.2. The molecule has 218 valence electrons. The number of aryl methyl sites for hydroxylation is 1. The number of anilines is 1. The summed E-state index contributed by atoms with van der Waals surface area (Å²) in [5.74, 6) is -4.47. The van der Waals surface area contributed by atoms with E-state index in [-0.39, 0.29) is 31.4 Å². The Morgan fingerprint density at radius 3 is 2.14 bits per heavy atom. The Hall–Kier alpha value is -5.08. The Bertz CT molecular complexity index is 1880. The van der Waals surface area contributed by atoms with Crippen molar-refractivity contribution < 1.29 is 32.5 Å². The zero-order valence-electron chi connectivity index (χ0n) is 22.6. The Morgan fingerprint density at radius 1 is 0.953 bits per heavy atom. The summed E-state index contributed by atoms with van der Waals surface area (Å²) in [6.45, 7) is 1.84. The van der Waals surface area contributed by atoms with Gasteiger partial charge in [0.15, 0.2) is 10.9 Å². The molecule has 2 heterocycles. The average molecular weight is 619 g/mol. The molecular formula is C29H22N4O8S2. The van der Waals surface area contributed by atoms with Crippen LogP contribution in [0.3, 0.4) is 0 Å². The Kier molecular flexibility index (Phi) is 7.73. The van der Waals surface area contributed by atoms with E-state index >= 15 is 0 Å². The van der Waals surface area contributed by atoms with Crippen molar-refractivity contribution >= 4 is 55.4 Å². The van der Waals surface area contributed by atoms with Gasteiger partial charge in [0, 0.05) is 30.3 Å². The molecule has 0 spiro atoms. The molecule has 14 heteroatoms. The highest BCUT2D eigenvalue weighted by Crippen LogP contribution is 2.43. The van der Waals surface area contributed by atoms with E-state index in [1.54, 1.807) is 24.3 Å². The average Bonchev–Trinajstić information content (AvgIpc) is 3.60. The van der Waals surface area contributed by atoms with Crippen molar-refractivity contribution in [1.82, 2.24) is 10.3 Å². The van der Waals surface area contributed by atoms with E-state index in [9.17, 15) is 37.7 Å². The van der Waals surface area contributed by atoms with Crippen LogP contribution in [0.4, 0.5) is 10.8 Å². The molecule has 0 bridgehead atoms. The summed E-state index contributed by atoms with van der Waals surface area (Å²) in [5, 5.41) is 13.3. The van der Waals surface area contributed by atoms with Crippen LogP contribution in [0.25, 0.3) is 0 Å². The summed E-state index contributed by atoms with van der Waals surface area (Å²) in [6, 6.07) is 15.6. The monoisotopic (exact) mass is 618 g/mol. The normalized spacial score (nSPS) is 16.7. The van der Waals surface area contributed by atoms with Gasteiger partial charge in [-0.05, 0) is 36.8 Å². The number of carbonyl (C=O) groups excluding carboxylic acids is 4. The molecule has 5 rings (SSSR count). The number of non-ortho nitro benzene ring substituents is 1. The van der Waals surface area contributed by atoms with Crippen LogP contribution in [-0.4, -0.2) is 48.8 Å². The van der Waals surface area contributed by atoms with Gasteiger partial charge in [-0.2, -0.15) is 0 Å². The van der Waals surface area contributed by atoms with Gasteiger partial charge in [0.25, 0.3) is 17.5 Å². The van der Waals surface area contributed by atoms with Gasteiger partial charge in [-0.1, -0.05) is 53.3 Å². The summed E-state index contributed by atoms with van der Waals surface area (Å²) in [6.07, 6.45) is 1.02. The highest BCUT2D eigenvalue weighted by molar-refractivity contribution is 7.93. The molecule has 3 aromatic carbocycles. The van der Waals surface area contributed by atoms with E-state index < -0.39 is 44.2 Å². The number of sulfone groups is 1. The van der Waals surface area contributed by atoms with Gasteiger partial charge in [-0.3, -0.25) is 34.2 Å². The van der Waals surface area contributed by atoms with Crippen LogP contribution in [-0.2, 0) is 19.4 Å². The number of nitrogens with one attached hydrogen (secondary N) is 1. The van der Waals surface area contributed by atoms with Crippen LogP contribution in [0.1, 0.15) is 37.9 Å². The number of nitro groups is 1. The smallest absolute Gasteiger partial charge is 0.297 e. The molecule has 12 nitrogen and oxygen atoms in total. The number of amides is 2. The number of rotatable bonds is 8. The second-order valence-electron chi connectivity index (χ2n) is 9.61. The van der Waals surface area contributed by atoms with Crippen molar-refractivity contribution in [2.45, 2.75) is 22.1 Å². The molecule has 0 saturated carbocycles. The number of aromatic nitrogens is 1. The van der Waals surface area contributed by atoms with E-state index in [0.717, 1.165) is 40.9 Å². The van der Waals surface area contributed by atoms with E-state index in [0.29, 0.717) is 22.5 Å². The maximum Gasteiger partial charge on any atom is 0.297 e.